The van der Waals surface area contributed by atoms with Crippen molar-refractivity contribution in [1.82, 2.24) is 20.4 Å². The molecule has 1 amide bonds. The predicted octanol–water partition coefficient (Wildman–Crippen LogP) is 3.73. The number of rotatable bonds is 4. The number of carbonyl (C=O) groups excluding carboxylic acids is 1. The highest BCUT2D eigenvalue weighted by molar-refractivity contribution is 6.29. The zero-order valence-electron chi connectivity index (χ0n) is 19.4. The van der Waals surface area contributed by atoms with Crippen LogP contribution in [0.15, 0.2) is 61.1 Å². The first kappa shape index (κ1) is 22.5. The van der Waals surface area contributed by atoms with E-state index >= 15 is 0 Å². The molecule has 0 radical (unpaired) electrons. The number of anilines is 2. The van der Waals surface area contributed by atoms with E-state index < -0.39 is 0 Å². The fourth-order valence-corrected chi connectivity index (χ4v) is 4.80. The Bertz CT molecular complexity index is 1440. The van der Waals surface area contributed by atoms with E-state index in [2.05, 4.69) is 20.3 Å². The molecule has 4 aromatic rings. The van der Waals surface area contributed by atoms with Gasteiger partial charge in [-0.25, -0.2) is 4.98 Å². The molecule has 2 aliphatic rings. The van der Waals surface area contributed by atoms with Crippen LogP contribution in [-0.4, -0.2) is 60.3 Å². The highest BCUT2D eigenvalue weighted by Crippen LogP contribution is 2.36. The van der Waals surface area contributed by atoms with Crippen molar-refractivity contribution in [1.29, 1.82) is 0 Å². The van der Waals surface area contributed by atoms with Crippen molar-refractivity contribution in [3.8, 4) is 17.0 Å². The van der Waals surface area contributed by atoms with Gasteiger partial charge >= 0.3 is 0 Å². The maximum Gasteiger partial charge on any atom is 0.273 e. The Morgan fingerprint density at radius 3 is 2.69 bits per heavy atom. The lowest BCUT2D eigenvalue weighted by atomic mass is 10.0. The second kappa shape index (κ2) is 9.60. The predicted molar refractivity (Wildman–Crippen MR) is 138 cm³/mol. The van der Waals surface area contributed by atoms with Gasteiger partial charge in [-0.2, -0.15) is 0 Å². The largest absolute Gasteiger partial charge is 0.489 e. The van der Waals surface area contributed by atoms with Gasteiger partial charge in [-0.1, -0.05) is 41.9 Å². The molecule has 0 atom stereocenters. The van der Waals surface area contributed by atoms with Crippen molar-refractivity contribution in [2.45, 2.75) is 0 Å². The summed E-state index contributed by atoms with van der Waals surface area (Å²) in [5.41, 5.74) is 7.34. The van der Waals surface area contributed by atoms with Crippen LogP contribution in [0.25, 0.3) is 22.2 Å². The molecule has 1 fully saturated rings. The summed E-state index contributed by atoms with van der Waals surface area (Å²) in [5, 5.41) is 2.98. The number of amides is 1. The van der Waals surface area contributed by atoms with Crippen LogP contribution in [0, 0.1) is 0 Å². The number of fused-ring (bicyclic) bond motifs is 2. The third-order valence-electron chi connectivity index (χ3n) is 6.29. The Kier molecular flexibility index (Phi) is 6.00. The van der Waals surface area contributed by atoms with Crippen molar-refractivity contribution >= 4 is 39.8 Å². The molecule has 0 bridgehead atoms. The van der Waals surface area contributed by atoms with Gasteiger partial charge in [0.05, 0.1) is 60.3 Å². The minimum Gasteiger partial charge on any atom is -0.489 e. The summed E-state index contributed by atoms with van der Waals surface area (Å²) in [4.78, 5) is 29.2. The molecule has 9 nitrogen and oxygen atoms in total. The molecule has 0 unspecified atom stereocenters. The van der Waals surface area contributed by atoms with Crippen LogP contribution >= 0.6 is 11.6 Å². The lowest BCUT2D eigenvalue weighted by Crippen LogP contribution is -2.47. The summed E-state index contributed by atoms with van der Waals surface area (Å²) < 4.78 is 11.3. The van der Waals surface area contributed by atoms with Crippen LogP contribution < -0.4 is 20.1 Å². The third kappa shape index (κ3) is 4.16. The average molecular weight is 503 g/mol. The van der Waals surface area contributed by atoms with Gasteiger partial charge in [0.15, 0.2) is 0 Å². The first-order chi connectivity index (χ1) is 17.7. The van der Waals surface area contributed by atoms with Crippen molar-refractivity contribution in [2.24, 2.45) is 0 Å². The second-order valence-electron chi connectivity index (χ2n) is 8.46. The molecule has 2 aromatic carbocycles. The molecule has 1 saturated heterocycles. The topological polar surface area (TPSA) is 92.7 Å². The molecule has 182 valence electrons. The van der Waals surface area contributed by atoms with Crippen LogP contribution in [0.4, 0.5) is 11.4 Å². The standard InChI is InChI=1S/C26H23ClN6O3/c27-23-16-28-15-20(30-23)17-4-3-5-18-24(17)29-14-19(25(18)32-8-11-35-12-9-32)26(34)31-33-10-13-36-22-7-2-1-6-21(22)33/h1-7,14-16H,8-13H2,(H,31,34). The van der Waals surface area contributed by atoms with E-state index in [1.165, 1.54) is 6.20 Å². The molecule has 36 heavy (non-hydrogen) atoms. The Labute approximate surface area is 212 Å². The summed E-state index contributed by atoms with van der Waals surface area (Å²) in [6, 6.07) is 13.5. The van der Waals surface area contributed by atoms with Gasteiger partial charge in [-0.15, -0.1) is 0 Å². The number of halogens is 1. The summed E-state index contributed by atoms with van der Waals surface area (Å²) in [6.45, 7) is 3.52. The van der Waals surface area contributed by atoms with Gasteiger partial charge < -0.3 is 14.4 Å². The zero-order valence-corrected chi connectivity index (χ0v) is 20.1. The van der Waals surface area contributed by atoms with E-state index in [4.69, 9.17) is 26.1 Å². The first-order valence-electron chi connectivity index (χ1n) is 11.7. The number of aromatic nitrogens is 3. The minimum atomic E-state index is -0.240. The first-order valence-corrected chi connectivity index (χ1v) is 12.1. The Hall–Kier alpha value is -3.95. The van der Waals surface area contributed by atoms with Gasteiger partial charge in [0.2, 0.25) is 0 Å². The molecule has 2 aromatic heterocycles. The number of hydrazine groups is 1. The molecule has 0 spiro atoms. The Morgan fingerprint density at radius 1 is 0.972 bits per heavy atom. The lowest BCUT2D eigenvalue weighted by molar-refractivity contribution is 0.0943. The molecule has 2 aliphatic heterocycles. The fraction of sp³-hybridized carbons (Fsp3) is 0.231. The number of benzene rings is 2. The summed E-state index contributed by atoms with van der Waals surface area (Å²) in [5.74, 6) is 0.497. The Balaban J connectivity index is 1.44. The second-order valence-corrected chi connectivity index (χ2v) is 8.84. The third-order valence-corrected chi connectivity index (χ3v) is 6.47. The van der Waals surface area contributed by atoms with Crippen LogP contribution in [0.2, 0.25) is 5.15 Å². The molecule has 6 rings (SSSR count). The van der Waals surface area contributed by atoms with E-state index in [9.17, 15) is 4.79 Å². The quantitative estimate of drug-likeness (QED) is 0.451. The summed E-state index contributed by atoms with van der Waals surface area (Å²) >= 11 is 6.11. The lowest BCUT2D eigenvalue weighted by Gasteiger charge is -2.33. The molecule has 0 aliphatic carbocycles. The van der Waals surface area contributed by atoms with Gasteiger partial charge in [0.1, 0.15) is 17.5 Å². The molecule has 1 N–H and O–H groups in total. The number of pyridine rings is 1. The number of morpholine rings is 1. The van der Waals surface area contributed by atoms with E-state index in [0.29, 0.717) is 55.9 Å². The summed E-state index contributed by atoms with van der Waals surface area (Å²) in [6.07, 6.45) is 4.79. The zero-order chi connectivity index (χ0) is 24.5. The maximum atomic E-state index is 13.7. The SMILES string of the molecule is O=C(NN1CCOc2ccccc21)c1cnc2c(-c3cncc(Cl)n3)cccc2c1N1CCOCC1. The Morgan fingerprint density at radius 2 is 1.83 bits per heavy atom. The smallest absolute Gasteiger partial charge is 0.273 e. The molecule has 4 heterocycles. The number of para-hydroxylation sites is 3. The van der Waals surface area contributed by atoms with Crippen LogP contribution in [0.5, 0.6) is 5.75 Å². The average Bonchev–Trinajstić information content (AvgIpc) is 2.92. The van der Waals surface area contributed by atoms with Crippen molar-refractivity contribution in [2.75, 3.05) is 49.4 Å². The number of ether oxygens (including phenoxy) is 2. The van der Waals surface area contributed by atoms with Gasteiger partial charge in [-0.05, 0) is 12.1 Å². The summed E-state index contributed by atoms with van der Waals surface area (Å²) in [7, 11) is 0. The van der Waals surface area contributed by atoms with Crippen molar-refractivity contribution < 1.29 is 14.3 Å². The normalized spacial score (nSPS) is 15.4. The van der Waals surface area contributed by atoms with Gasteiger partial charge in [0, 0.05) is 30.2 Å². The highest BCUT2D eigenvalue weighted by Gasteiger charge is 2.26. The van der Waals surface area contributed by atoms with Crippen LogP contribution in [0.1, 0.15) is 10.4 Å². The molecular formula is C26H23ClN6O3. The number of hydrogen-bond acceptors (Lipinski definition) is 8. The monoisotopic (exact) mass is 502 g/mol. The van der Waals surface area contributed by atoms with Crippen molar-refractivity contribution in [3.05, 3.63) is 71.8 Å². The number of carbonyl (C=O) groups is 1. The van der Waals surface area contributed by atoms with E-state index in [0.717, 1.165) is 33.6 Å². The number of nitrogens with one attached hydrogen (secondary N) is 1. The van der Waals surface area contributed by atoms with Gasteiger partial charge in [-0.3, -0.25) is 25.2 Å². The number of nitrogens with zero attached hydrogens (tertiary/aromatic N) is 5. The van der Waals surface area contributed by atoms with E-state index in [1.54, 1.807) is 12.4 Å². The maximum absolute atomic E-state index is 13.7. The highest BCUT2D eigenvalue weighted by atomic mass is 35.5. The molecular weight excluding hydrogens is 480 g/mol. The fourth-order valence-electron chi connectivity index (χ4n) is 4.65. The van der Waals surface area contributed by atoms with Gasteiger partial charge in [0.25, 0.3) is 5.91 Å². The van der Waals surface area contributed by atoms with E-state index in [1.807, 2.05) is 47.5 Å². The minimum absolute atomic E-state index is 0.240. The van der Waals surface area contributed by atoms with Crippen LogP contribution in [-0.2, 0) is 4.74 Å². The molecule has 0 saturated carbocycles. The van der Waals surface area contributed by atoms with E-state index in [-0.39, 0.29) is 5.91 Å². The van der Waals surface area contributed by atoms with Crippen LogP contribution in [0.3, 0.4) is 0 Å². The number of hydrogen-bond donors (Lipinski definition) is 1. The van der Waals surface area contributed by atoms with Crippen molar-refractivity contribution in [3.63, 3.8) is 0 Å². The molecule has 10 heteroatoms.